The summed E-state index contributed by atoms with van der Waals surface area (Å²) >= 11 is 0. The number of carbonyl (C=O) groups is 1. The van der Waals surface area contributed by atoms with Gasteiger partial charge in [-0.25, -0.2) is 4.79 Å². The Morgan fingerprint density at radius 1 is 1.38 bits per heavy atom. The number of aryl methyl sites for hydroxylation is 1. The van der Waals surface area contributed by atoms with Crippen LogP contribution in [0.1, 0.15) is 5.56 Å². The van der Waals surface area contributed by atoms with Crippen LogP contribution in [0.2, 0.25) is 0 Å². The molecule has 2 N–H and O–H groups in total. The second-order valence-electron chi connectivity index (χ2n) is 3.04. The van der Waals surface area contributed by atoms with E-state index in [2.05, 4.69) is 0 Å². The molecule has 0 saturated carbocycles. The van der Waals surface area contributed by atoms with Gasteiger partial charge in [0.1, 0.15) is 0 Å². The average Bonchev–Trinajstić information content (AvgIpc) is 2.45. The van der Waals surface area contributed by atoms with Crippen LogP contribution in [0.5, 0.6) is 0 Å². The van der Waals surface area contributed by atoms with Gasteiger partial charge in [0, 0.05) is 11.6 Å². The Morgan fingerprint density at radius 2 is 2.08 bits per heavy atom. The van der Waals surface area contributed by atoms with E-state index in [1.807, 2.05) is 31.2 Å². The highest BCUT2D eigenvalue weighted by molar-refractivity contribution is 5.92. The molecule has 2 aromatic rings. The van der Waals surface area contributed by atoms with Crippen molar-refractivity contribution < 1.29 is 4.79 Å². The second-order valence-corrected chi connectivity index (χ2v) is 3.04. The predicted molar refractivity (Wildman–Crippen MR) is 51.7 cm³/mol. The molecule has 0 spiro atoms. The van der Waals surface area contributed by atoms with E-state index in [-0.39, 0.29) is 0 Å². The molecule has 2 rings (SSSR count). The first-order valence-corrected chi connectivity index (χ1v) is 4.06. The Morgan fingerprint density at radius 3 is 2.77 bits per heavy atom. The zero-order valence-electron chi connectivity index (χ0n) is 7.32. The standard InChI is InChI=1S/C10H10N2O/c1-7-6-12(10(11)13)9-5-3-2-4-8(7)9/h2-6H,1H3,(H2,11,13). The van der Waals surface area contributed by atoms with Crippen molar-refractivity contribution in [3.05, 3.63) is 36.0 Å². The third-order valence-electron chi connectivity index (χ3n) is 2.15. The fraction of sp³-hybridized carbons (Fsp3) is 0.100. The molecule has 1 heterocycles. The van der Waals surface area contributed by atoms with Crippen LogP contribution in [-0.2, 0) is 0 Å². The molecule has 3 heteroatoms. The number of para-hydroxylation sites is 1. The van der Waals surface area contributed by atoms with Gasteiger partial charge in [-0.1, -0.05) is 18.2 Å². The first-order valence-electron chi connectivity index (χ1n) is 4.06. The number of benzene rings is 1. The monoisotopic (exact) mass is 174 g/mol. The van der Waals surface area contributed by atoms with Gasteiger partial charge in [0.05, 0.1) is 5.52 Å². The summed E-state index contributed by atoms with van der Waals surface area (Å²) in [5.74, 6) is 0. The first-order chi connectivity index (χ1) is 6.20. The van der Waals surface area contributed by atoms with Gasteiger partial charge in [0.15, 0.2) is 0 Å². The number of nitrogens with two attached hydrogens (primary N) is 1. The lowest BCUT2D eigenvalue weighted by Crippen LogP contribution is -2.18. The maximum atomic E-state index is 11.0. The molecule has 13 heavy (non-hydrogen) atoms. The average molecular weight is 174 g/mol. The molecule has 3 nitrogen and oxygen atoms in total. The fourth-order valence-corrected chi connectivity index (χ4v) is 1.53. The Bertz CT molecular complexity index is 471. The molecule has 66 valence electrons. The minimum Gasteiger partial charge on any atom is -0.351 e. The minimum atomic E-state index is -0.440. The Labute approximate surface area is 75.8 Å². The summed E-state index contributed by atoms with van der Waals surface area (Å²) in [5.41, 5.74) is 7.15. The fourth-order valence-electron chi connectivity index (χ4n) is 1.53. The zero-order valence-corrected chi connectivity index (χ0v) is 7.32. The van der Waals surface area contributed by atoms with Crippen LogP contribution in [0.4, 0.5) is 4.79 Å². The second kappa shape index (κ2) is 2.62. The molecule has 0 atom stereocenters. The number of fused-ring (bicyclic) bond motifs is 1. The summed E-state index contributed by atoms with van der Waals surface area (Å²) in [6.45, 7) is 1.96. The third kappa shape index (κ3) is 1.09. The lowest BCUT2D eigenvalue weighted by Gasteiger charge is -1.96. The van der Waals surface area contributed by atoms with E-state index in [1.54, 1.807) is 6.20 Å². The molecule has 1 aromatic carbocycles. The first kappa shape index (κ1) is 7.86. The molecule has 0 bridgehead atoms. The number of nitrogens with zero attached hydrogens (tertiary/aromatic N) is 1. The minimum absolute atomic E-state index is 0.440. The third-order valence-corrected chi connectivity index (χ3v) is 2.15. The predicted octanol–water partition coefficient (Wildman–Crippen LogP) is 1.88. The van der Waals surface area contributed by atoms with Crippen LogP contribution in [0.3, 0.4) is 0 Å². The molecule has 0 unspecified atom stereocenters. The van der Waals surface area contributed by atoms with E-state index in [0.717, 1.165) is 16.5 Å². The number of carbonyl (C=O) groups excluding carboxylic acids is 1. The van der Waals surface area contributed by atoms with Crippen LogP contribution in [0.15, 0.2) is 30.5 Å². The normalized spacial score (nSPS) is 10.5. The number of aromatic nitrogens is 1. The lowest BCUT2D eigenvalue weighted by atomic mass is 10.2. The van der Waals surface area contributed by atoms with Gasteiger partial charge in [-0.3, -0.25) is 4.57 Å². The molecule has 0 aliphatic heterocycles. The van der Waals surface area contributed by atoms with Crippen molar-refractivity contribution in [2.75, 3.05) is 0 Å². The van der Waals surface area contributed by atoms with Crippen LogP contribution < -0.4 is 5.73 Å². The van der Waals surface area contributed by atoms with Gasteiger partial charge < -0.3 is 5.73 Å². The molecule has 0 fully saturated rings. The Balaban J connectivity index is 2.85. The van der Waals surface area contributed by atoms with Gasteiger partial charge in [0.25, 0.3) is 0 Å². The van der Waals surface area contributed by atoms with E-state index >= 15 is 0 Å². The summed E-state index contributed by atoms with van der Waals surface area (Å²) in [5, 5.41) is 1.07. The highest BCUT2D eigenvalue weighted by Gasteiger charge is 2.06. The molecule has 0 radical (unpaired) electrons. The van der Waals surface area contributed by atoms with Crippen LogP contribution >= 0.6 is 0 Å². The summed E-state index contributed by atoms with van der Waals surface area (Å²) in [4.78, 5) is 11.0. The van der Waals surface area contributed by atoms with Crippen molar-refractivity contribution >= 4 is 16.9 Å². The van der Waals surface area contributed by atoms with Gasteiger partial charge in [-0.05, 0) is 18.6 Å². The van der Waals surface area contributed by atoms with Crippen LogP contribution in [0.25, 0.3) is 10.9 Å². The summed E-state index contributed by atoms with van der Waals surface area (Å²) in [7, 11) is 0. The van der Waals surface area contributed by atoms with E-state index < -0.39 is 6.03 Å². The highest BCUT2D eigenvalue weighted by Crippen LogP contribution is 2.19. The van der Waals surface area contributed by atoms with Crippen LogP contribution in [0, 0.1) is 6.92 Å². The lowest BCUT2D eigenvalue weighted by molar-refractivity contribution is 0.251. The molecule has 0 saturated heterocycles. The molecular formula is C10H10N2O. The SMILES string of the molecule is Cc1cn(C(N)=O)c2ccccc12. The molecule has 1 amide bonds. The summed E-state index contributed by atoms with van der Waals surface area (Å²) < 4.78 is 1.46. The number of rotatable bonds is 0. The van der Waals surface area contributed by atoms with Crippen molar-refractivity contribution in [1.29, 1.82) is 0 Å². The quantitative estimate of drug-likeness (QED) is 0.651. The van der Waals surface area contributed by atoms with Crippen molar-refractivity contribution in [2.24, 2.45) is 5.73 Å². The smallest absolute Gasteiger partial charge is 0.323 e. The Kier molecular flexibility index (Phi) is 1.59. The van der Waals surface area contributed by atoms with E-state index in [1.165, 1.54) is 4.57 Å². The van der Waals surface area contributed by atoms with E-state index in [9.17, 15) is 4.79 Å². The maximum absolute atomic E-state index is 11.0. The van der Waals surface area contributed by atoms with E-state index in [0.29, 0.717) is 0 Å². The largest absolute Gasteiger partial charge is 0.351 e. The maximum Gasteiger partial charge on any atom is 0.323 e. The van der Waals surface area contributed by atoms with Gasteiger partial charge in [-0.15, -0.1) is 0 Å². The number of hydrogen-bond acceptors (Lipinski definition) is 1. The summed E-state index contributed by atoms with van der Waals surface area (Å²) in [6, 6.07) is 7.25. The van der Waals surface area contributed by atoms with Gasteiger partial charge >= 0.3 is 6.03 Å². The van der Waals surface area contributed by atoms with E-state index in [4.69, 9.17) is 5.73 Å². The van der Waals surface area contributed by atoms with Gasteiger partial charge in [0.2, 0.25) is 0 Å². The van der Waals surface area contributed by atoms with Crippen molar-refractivity contribution in [1.82, 2.24) is 4.57 Å². The topological polar surface area (TPSA) is 48.0 Å². The van der Waals surface area contributed by atoms with Crippen molar-refractivity contribution in [3.8, 4) is 0 Å². The highest BCUT2D eigenvalue weighted by atomic mass is 16.2. The molecule has 0 aliphatic rings. The number of primary amides is 1. The van der Waals surface area contributed by atoms with Crippen molar-refractivity contribution in [2.45, 2.75) is 6.92 Å². The Hall–Kier alpha value is -1.77. The van der Waals surface area contributed by atoms with Crippen LogP contribution in [-0.4, -0.2) is 10.6 Å². The molecule has 0 aliphatic carbocycles. The number of hydrogen-bond donors (Lipinski definition) is 1. The molecular weight excluding hydrogens is 164 g/mol. The zero-order chi connectivity index (χ0) is 9.42. The number of amides is 1. The van der Waals surface area contributed by atoms with Gasteiger partial charge in [-0.2, -0.15) is 0 Å². The summed E-state index contributed by atoms with van der Waals surface area (Å²) in [6.07, 6.45) is 1.76. The molecule has 1 aromatic heterocycles. The van der Waals surface area contributed by atoms with Crippen molar-refractivity contribution in [3.63, 3.8) is 0 Å².